The predicted molar refractivity (Wildman–Crippen MR) is 181 cm³/mol. The lowest BCUT2D eigenvalue weighted by Gasteiger charge is -2.11. The number of carboxylic acids is 4. The molecule has 252 valence electrons. The quantitative estimate of drug-likeness (QED) is 0.177. The van der Waals surface area contributed by atoms with Crippen molar-refractivity contribution < 1.29 is 39.6 Å². The second-order valence-electron chi connectivity index (χ2n) is 12.5. The molecule has 0 fully saturated rings. The van der Waals surface area contributed by atoms with Crippen LogP contribution in [0.1, 0.15) is 86.0 Å². The van der Waals surface area contributed by atoms with Crippen LogP contribution in [0.25, 0.3) is 24.3 Å². The van der Waals surface area contributed by atoms with Crippen molar-refractivity contribution >= 4 is 53.9 Å². The molecular weight excluding hydrogens is 616 g/mol. The lowest BCUT2D eigenvalue weighted by Crippen LogP contribution is -2.26. The molecule has 5 heterocycles. The summed E-state index contributed by atoms with van der Waals surface area (Å²) in [4.78, 5) is 58.3. The van der Waals surface area contributed by atoms with Crippen LogP contribution in [0.4, 0.5) is 0 Å². The van der Waals surface area contributed by atoms with E-state index in [1.54, 1.807) is 0 Å². The molecule has 12 nitrogen and oxygen atoms in total. The zero-order valence-electron chi connectivity index (χ0n) is 27.4. The van der Waals surface area contributed by atoms with Gasteiger partial charge in [-0.15, -0.1) is 0 Å². The number of hydrogen-bond acceptors (Lipinski definition) is 6. The molecular formula is C36H40N4O8. The van der Waals surface area contributed by atoms with Gasteiger partial charge in [0, 0.05) is 53.5 Å². The summed E-state index contributed by atoms with van der Waals surface area (Å²) in [6.07, 6.45) is 8.46. The lowest BCUT2D eigenvalue weighted by molar-refractivity contribution is -0.138. The van der Waals surface area contributed by atoms with Crippen molar-refractivity contribution in [2.75, 3.05) is 0 Å². The molecule has 48 heavy (non-hydrogen) atoms. The van der Waals surface area contributed by atoms with E-state index in [0.717, 1.165) is 55.6 Å². The number of aromatic nitrogens is 2. The van der Waals surface area contributed by atoms with Gasteiger partial charge in [-0.3, -0.25) is 19.2 Å². The highest BCUT2D eigenvalue weighted by molar-refractivity contribution is 6.23. The van der Waals surface area contributed by atoms with Crippen molar-refractivity contribution in [3.63, 3.8) is 0 Å². The summed E-state index contributed by atoms with van der Waals surface area (Å²) < 4.78 is 0. The molecule has 0 spiro atoms. The molecule has 5 rings (SSSR count). The van der Waals surface area contributed by atoms with Gasteiger partial charge in [-0.1, -0.05) is 0 Å². The molecule has 0 aromatic carbocycles. The molecule has 0 amide bonds. The molecule has 1 atom stereocenters. The molecule has 8 bridgehead atoms. The van der Waals surface area contributed by atoms with E-state index >= 15 is 0 Å². The Balaban J connectivity index is 1.81. The van der Waals surface area contributed by atoms with E-state index in [9.17, 15) is 39.6 Å². The van der Waals surface area contributed by atoms with Gasteiger partial charge in [0.05, 0.1) is 17.5 Å². The largest absolute Gasteiger partial charge is 0.481 e. The minimum Gasteiger partial charge on any atom is -0.481 e. The van der Waals surface area contributed by atoms with Gasteiger partial charge < -0.3 is 35.7 Å². The van der Waals surface area contributed by atoms with Crippen LogP contribution in [0.15, 0.2) is 38.7 Å². The number of aliphatic carboxylic acids is 4. The Morgan fingerprint density at radius 1 is 0.667 bits per heavy atom. The first-order chi connectivity index (χ1) is 22.7. The van der Waals surface area contributed by atoms with Gasteiger partial charge in [0.2, 0.25) is 0 Å². The molecule has 0 saturated carbocycles. The summed E-state index contributed by atoms with van der Waals surface area (Å²) in [5, 5.41) is 43.0. The molecule has 0 aliphatic carbocycles. The SMILES string of the molecule is CC1=C(CCC(=O)O)/C2=C/c3[nH]c(c(CCC(=O)O)c3C)/C=C3\NC(/C=c4\[nH]/c(c(CCC(=O)O)c4C)=C\C1=N2)C(CCC(=O)O)=C3C. The third-order valence-electron chi connectivity index (χ3n) is 9.42. The molecule has 2 aromatic heterocycles. The van der Waals surface area contributed by atoms with Crippen LogP contribution in [0.5, 0.6) is 0 Å². The summed E-state index contributed by atoms with van der Waals surface area (Å²) in [6, 6.07) is -0.362. The number of carbonyl (C=O) groups is 4. The Labute approximate surface area is 276 Å². The molecule has 3 aliphatic rings. The maximum Gasteiger partial charge on any atom is 0.303 e. The first-order valence-corrected chi connectivity index (χ1v) is 15.9. The van der Waals surface area contributed by atoms with E-state index in [1.165, 1.54) is 0 Å². The van der Waals surface area contributed by atoms with Crippen LogP contribution in [0, 0.1) is 13.8 Å². The highest BCUT2D eigenvalue weighted by atomic mass is 16.4. The summed E-state index contributed by atoms with van der Waals surface area (Å²) in [5.41, 5.74) is 10.1. The third-order valence-corrected chi connectivity index (χ3v) is 9.42. The molecule has 3 aliphatic heterocycles. The average molecular weight is 657 g/mol. The van der Waals surface area contributed by atoms with E-state index in [-0.39, 0.29) is 51.0 Å². The topological polar surface area (TPSA) is 205 Å². The molecule has 12 heteroatoms. The predicted octanol–water partition coefficient (Wildman–Crippen LogP) is 3.74. The van der Waals surface area contributed by atoms with Crippen molar-refractivity contribution in [2.45, 2.75) is 85.1 Å². The number of nitrogens with zero attached hydrogens (tertiary/aromatic N) is 1. The van der Waals surface area contributed by atoms with Gasteiger partial charge in [0.15, 0.2) is 0 Å². The number of allylic oxidation sites excluding steroid dienone is 3. The zero-order chi connectivity index (χ0) is 34.9. The van der Waals surface area contributed by atoms with Crippen LogP contribution in [-0.2, 0) is 32.0 Å². The minimum absolute atomic E-state index is 0.0581. The second kappa shape index (κ2) is 13.8. The van der Waals surface area contributed by atoms with Crippen LogP contribution in [0.2, 0.25) is 0 Å². The van der Waals surface area contributed by atoms with Gasteiger partial charge in [-0.25, -0.2) is 4.99 Å². The highest BCUT2D eigenvalue weighted by Gasteiger charge is 2.27. The Bertz CT molecular complexity index is 2010. The number of fused-ring (bicyclic) bond motifs is 7. The maximum absolute atomic E-state index is 11.6. The van der Waals surface area contributed by atoms with E-state index in [2.05, 4.69) is 15.3 Å². The van der Waals surface area contributed by atoms with Gasteiger partial charge in [-0.05, 0) is 122 Å². The van der Waals surface area contributed by atoms with Crippen molar-refractivity contribution in [2.24, 2.45) is 4.99 Å². The van der Waals surface area contributed by atoms with Crippen molar-refractivity contribution in [3.05, 3.63) is 78.0 Å². The van der Waals surface area contributed by atoms with Crippen LogP contribution < -0.4 is 16.0 Å². The number of aromatic amines is 2. The standard InChI is InChI=1S/C36H40N4O8/c1-17-21(5-9-33(41)42)29-14-26-19(3)23(7-11-35(45)46)31(39-26)16-28-20(4)24(8-12-36(47)48)32(40-28)15-27-18(2)22(6-10-34(43)44)30(38-27)13-25(17)37-29/h13-16,29,37-39H,5-12H2,1-4H3,(H,41,42)(H,43,44)(H,45,46)(H,47,48)/b25-13-,26-14-,31-16-,32-15-. The van der Waals surface area contributed by atoms with E-state index in [1.807, 2.05) is 52.0 Å². The Kier molecular flexibility index (Phi) is 9.74. The fraction of sp³-hybridized carbons (Fsp3) is 0.361. The lowest BCUT2D eigenvalue weighted by atomic mass is 9.98. The first-order valence-electron chi connectivity index (χ1n) is 15.9. The molecule has 0 radical (unpaired) electrons. The Hall–Kier alpha value is -5.39. The summed E-state index contributed by atoms with van der Waals surface area (Å²) in [5.74, 6) is -3.70. The smallest absolute Gasteiger partial charge is 0.303 e. The van der Waals surface area contributed by atoms with Crippen molar-refractivity contribution in [1.82, 2.24) is 15.3 Å². The third kappa shape index (κ3) is 7.12. The average Bonchev–Trinajstić information content (AvgIpc) is 3.66. The van der Waals surface area contributed by atoms with Crippen LogP contribution in [-0.4, -0.2) is 66.0 Å². The van der Waals surface area contributed by atoms with Gasteiger partial charge in [0.1, 0.15) is 0 Å². The highest BCUT2D eigenvalue weighted by Crippen LogP contribution is 2.35. The van der Waals surface area contributed by atoms with Crippen molar-refractivity contribution in [1.29, 1.82) is 0 Å². The maximum atomic E-state index is 11.6. The number of aliphatic imine (C=N–C) groups is 1. The van der Waals surface area contributed by atoms with Gasteiger partial charge in [0.25, 0.3) is 0 Å². The Morgan fingerprint density at radius 2 is 1.27 bits per heavy atom. The van der Waals surface area contributed by atoms with E-state index < -0.39 is 23.9 Å². The fourth-order valence-electron chi connectivity index (χ4n) is 6.69. The van der Waals surface area contributed by atoms with Crippen molar-refractivity contribution in [3.8, 4) is 0 Å². The summed E-state index contributed by atoms with van der Waals surface area (Å²) in [6.45, 7) is 7.66. The number of carboxylic acid groups (broad SMARTS) is 4. The minimum atomic E-state index is -0.934. The molecule has 2 aromatic rings. The fourth-order valence-corrected chi connectivity index (χ4v) is 6.69. The Morgan fingerprint density at radius 3 is 1.92 bits per heavy atom. The van der Waals surface area contributed by atoms with Crippen LogP contribution in [0.3, 0.4) is 0 Å². The molecule has 1 unspecified atom stereocenters. The number of H-pyrrole nitrogens is 2. The van der Waals surface area contributed by atoms with E-state index in [0.29, 0.717) is 34.6 Å². The second-order valence-corrected chi connectivity index (χ2v) is 12.5. The number of rotatable bonds is 12. The summed E-state index contributed by atoms with van der Waals surface area (Å²) in [7, 11) is 0. The monoisotopic (exact) mass is 656 g/mol. The number of hydrogen-bond donors (Lipinski definition) is 7. The van der Waals surface area contributed by atoms with Gasteiger partial charge >= 0.3 is 23.9 Å². The molecule has 7 N–H and O–H groups in total. The zero-order valence-corrected chi connectivity index (χ0v) is 27.4. The normalized spacial score (nSPS) is 20.5. The van der Waals surface area contributed by atoms with Gasteiger partial charge in [-0.2, -0.15) is 0 Å². The summed E-state index contributed by atoms with van der Waals surface area (Å²) >= 11 is 0. The molecule has 0 saturated heterocycles. The first kappa shape index (κ1) is 34.0. The van der Waals surface area contributed by atoms with E-state index in [4.69, 9.17) is 4.99 Å². The number of nitrogens with one attached hydrogen (secondary N) is 3. The van der Waals surface area contributed by atoms with Crippen LogP contribution >= 0.6 is 0 Å².